The van der Waals surface area contributed by atoms with Crippen molar-refractivity contribution < 1.29 is 9.59 Å². The van der Waals surface area contributed by atoms with Gasteiger partial charge in [-0.3, -0.25) is 15.0 Å². The molecule has 0 unspecified atom stereocenters. The van der Waals surface area contributed by atoms with Crippen molar-refractivity contribution in [2.24, 2.45) is 0 Å². The van der Waals surface area contributed by atoms with Crippen LogP contribution in [0.15, 0.2) is 30.3 Å². The number of benzene rings is 1. The largest absolute Gasteiger partial charge is 0.369 e. The third kappa shape index (κ3) is 4.21. The van der Waals surface area contributed by atoms with Crippen LogP contribution >= 0.6 is 0 Å². The molecule has 0 spiro atoms. The van der Waals surface area contributed by atoms with Crippen LogP contribution in [0, 0.1) is 0 Å². The molecule has 1 fully saturated rings. The van der Waals surface area contributed by atoms with Gasteiger partial charge in [-0.05, 0) is 26.0 Å². The second kappa shape index (κ2) is 7.79. The third-order valence-electron chi connectivity index (χ3n) is 3.94. The molecule has 1 saturated heterocycles. The number of hydrogen-bond acceptors (Lipinski definition) is 4. The van der Waals surface area contributed by atoms with E-state index >= 15 is 0 Å². The first-order valence-electron chi connectivity index (χ1n) is 7.74. The maximum Gasteiger partial charge on any atom is 0.321 e. The van der Waals surface area contributed by atoms with Gasteiger partial charge in [-0.1, -0.05) is 18.2 Å². The molecule has 1 aliphatic heterocycles. The Balaban J connectivity index is 1.83. The average molecular weight is 304 g/mol. The number of urea groups is 1. The predicted molar refractivity (Wildman–Crippen MR) is 86.9 cm³/mol. The summed E-state index contributed by atoms with van der Waals surface area (Å²) in [6, 6.07) is 9.53. The van der Waals surface area contributed by atoms with Crippen LogP contribution < -0.4 is 15.5 Å². The summed E-state index contributed by atoms with van der Waals surface area (Å²) in [5, 5.41) is 4.94. The fourth-order valence-electron chi connectivity index (χ4n) is 2.59. The number of imide groups is 1. The molecular weight excluding hydrogens is 280 g/mol. The Bertz CT molecular complexity index is 498. The standard InChI is InChI=1S/C16H24N4O2/c1-3-17-16(22)18-15(21)13(2)19-9-11-20(12-10-19)14-7-5-4-6-8-14/h4-8,13H,3,9-12H2,1-2H3,(H2,17,18,21,22)/t13-/m0/s1. The van der Waals surface area contributed by atoms with Gasteiger partial charge in [0.2, 0.25) is 5.91 Å². The molecule has 0 aromatic heterocycles. The molecule has 1 aromatic carbocycles. The molecule has 120 valence electrons. The first kappa shape index (κ1) is 16.3. The summed E-state index contributed by atoms with van der Waals surface area (Å²) in [6.07, 6.45) is 0. The van der Waals surface area contributed by atoms with Crippen LogP contribution in [0.5, 0.6) is 0 Å². The fourth-order valence-corrected chi connectivity index (χ4v) is 2.59. The highest BCUT2D eigenvalue weighted by atomic mass is 16.2. The predicted octanol–water partition coefficient (Wildman–Crippen LogP) is 1.04. The lowest BCUT2D eigenvalue weighted by Gasteiger charge is -2.38. The second-order valence-electron chi connectivity index (χ2n) is 5.38. The van der Waals surface area contributed by atoms with E-state index in [1.54, 1.807) is 0 Å². The second-order valence-corrected chi connectivity index (χ2v) is 5.38. The Morgan fingerprint density at radius 3 is 2.36 bits per heavy atom. The van der Waals surface area contributed by atoms with E-state index in [0.29, 0.717) is 6.54 Å². The summed E-state index contributed by atoms with van der Waals surface area (Å²) >= 11 is 0. The number of piperazine rings is 1. The summed E-state index contributed by atoms with van der Waals surface area (Å²) in [6.45, 7) is 7.52. The van der Waals surface area contributed by atoms with Crippen LogP contribution in [0.2, 0.25) is 0 Å². The van der Waals surface area contributed by atoms with Crippen molar-refractivity contribution in [1.29, 1.82) is 0 Å². The van der Waals surface area contributed by atoms with E-state index in [2.05, 4.69) is 32.6 Å². The van der Waals surface area contributed by atoms with E-state index in [0.717, 1.165) is 26.2 Å². The van der Waals surface area contributed by atoms with Gasteiger partial charge in [0.1, 0.15) is 0 Å². The monoisotopic (exact) mass is 304 g/mol. The molecule has 22 heavy (non-hydrogen) atoms. The van der Waals surface area contributed by atoms with E-state index < -0.39 is 6.03 Å². The van der Waals surface area contributed by atoms with Crippen LogP contribution in [0.3, 0.4) is 0 Å². The molecule has 6 heteroatoms. The van der Waals surface area contributed by atoms with Gasteiger partial charge in [-0.2, -0.15) is 0 Å². The van der Waals surface area contributed by atoms with Crippen molar-refractivity contribution in [2.45, 2.75) is 19.9 Å². The number of hydrogen-bond donors (Lipinski definition) is 2. The van der Waals surface area contributed by atoms with E-state index in [9.17, 15) is 9.59 Å². The maximum atomic E-state index is 12.1. The zero-order chi connectivity index (χ0) is 15.9. The highest BCUT2D eigenvalue weighted by molar-refractivity contribution is 5.96. The van der Waals surface area contributed by atoms with E-state index in [4.69, 9.17) is 0 Å². The van der Waals surface area contributed by atoms with E-state index in [1.807, 2.05) is 32.0 Å². The van der Waals surface area contributed by atoms with Gasteiger partial charge in [0.05, 0.1) is 6.04 Å². The Labute approximate surface area is 131 Å². The molecule has 2 rings (SSSR count). The highest BCUT2D eigenvalue weighted by Gasteiger charge is 2.26. The van der Waals surface area contributed by atoms with Gasteiger partial charge in [-0.15, -0.1) is 0 Å². The average Bonchev–Trinajstić information content (AvgIpc) is 2.55. The summed E-state index contributed by atoms with van der Waals surface area (Å²) in [5.74, 6) is -0.251. The Kier molecular flexibility index (Phi) is 5.77. The summed E-state index contributed by atoms with van der Waals surface area (Å²) < 4.78 is 0. The molecule has 3 amide bonds. The number of carbonyl (C=O) groups excluding carboxylic acids is 2. The number of nitrogens with zero attached hydrogens (tertiary/aromatic N) is 2. The van der Waals surface area contributed by atoms with Gasteiger partial charge < -0.3 is 10.2 Å². The van der Waals surface area contributed by atoms with Crippen molar-refractivity contribution in [3.05, 3.63) is 30.3 Å². The molecule has 0 radical (unpaired) electrons. The number of nitrogens with one attached hydrogen (secondary N) is 2. The number of para-hydroxylation sites is 1. The molecular formula is C16H24N4O2. The van der Waals surface area contributed by atoms with Gasteiger partial charge in [0.25, 0.3) is 0 Å². The topological polar surface area (TPSA) is 64.7 Å². The van der Waals surface area contributed by atoms with Gasteiger partial charge in [-0.25, -0.2) is 4.79 Å². The fraction of sp³-hybridized carbons (Fsp3) is 0.500. The maximum absolute atomic E-state index is 12.1. The number of amides is 3. The normalized spacial score (nSPS) is 16.9. The summed E-state index contributed by atoms with van der Waals surface area (Å²) in [5.41, 5.74) is 1.21. The zero-order valence-corrected chi connectivity index (χ0v) is 13.2. The quantitative estimate of drug-likeness (QED) is 0.872. The molecule has 0 saturated carbocycles. The highest BCUT2D eigenvalue weighted by Crippen LogP contribution is 2.16. The lowest BCUT2D eigenvalue weighted by Crippen LogP contribution is -2.55. The van der Waals surface area contributed by atoms with Crippen LogP contribution in [-0.4, -0.2) is 55.6 Å². The van der Waals surface area contributed by atoms with Crippen molar-refractivity contribution in [3.8, 4) is 0 Å². The van der Waals surface area contributed by atoms with Gasteiger partial charge >= 0.3 is 6.03 Å². The van der Waals surface area contributed by atoms with E-state index in [-0.39, 0.29) is 11.9 Å². The Morgan fingerprint density at radius 2 is 1.77 bits per heavy atom. The van der Waals surface area contributed by atoms with E-state index in [1.165, 1.54) is 5.69 Å². The van der Waals surface area contributed by atoms with Crippen molar-refractivity contribution >= 4 is 17.6 Å². The number of anilines is 1. The first-order valence-corrected chi connectivity index (χ1v) is 7.74. The lowest BCUT2D eigenvalue weighted by atomic mass is 10.2. The molecule has 1 aromatic rings. The first-order chi connectivity index (χ1) is 10.6. The Morgan fingerprint density at radius 1 is 1.14 bits per heavy atom. The van der Waals surface area contributed by atoms with Crippen molar-refractivity contribution in [1.82, 2.24) is 15.5 Å². The molecule has 6 nitrogen and oxygen atoms in total. The SMILES string of the molecule is CCNC(=O)NC(=O)[C@H](C)N1CCN(c2ccccc2)CC1. The molecule has 1 heterocycles. The van der Waals surface area contributed by atoms with Crippen LogP contribution in [0.1, 0.15) is 13.8 Å². The minimum Gasteiger partial charge on any atom is -0.369 e. The minimum absolute atomic E-state index is 0.251. The summed E-state index contributed by atoms with van der Waals surface area (Å²) in [4.78, 5) is 27.9. The molecule has 0 bridgehead atoms. The lowest BCUT2D eigenvalue weighted by molar-refractivity contribution is -0.124. The van der Waals surface area contributed by atoms with Crippen molar-refractivity contribution in [2.75, 3.05) is 37.6 Å². The van der Waals surface area contributed by atoms with Crippen LogP contribution in [-0.2, 0) is 4.79 Å². The van der Waals surface area contributed by atoms with Crippen LogP contribution in [0.4, 0.5) is 10.5 Å². The van der Waals surface area contributed by atoms with Crippen LogP contribution in [0.25, 0.3) is 0 Å². The Hall–Kier alpha value is -2.08. The zero-order valence-electron chi connectivity index (χ0n) is 13.2. The molecule has 2 N–H and O–H groups in total. The van der Waals surface area contributed by atoms with Gasteiger partial charge in [0, 0.05) is 38.4 Å². The molecule has 1 aliphatic rings. The van der Waals surface area contributed by atoms with Crippen molar-refractivity contribution in [3.63, 3.8) is 0 Å². The third-order valence-corrected chi connectivity index (χ3v) is 3.94. The minimum atomic E-state index is -0.428. The summed E-state index contributed by atoms with van der Waals surface area (Å²) in [7, 11) is 0. The smallest absolute Gasteiger partial charge is 0.321 e. The molecule has 0 aliphatic carbocycles. The number of rotatable bonds is 4. The number of carbonyl (C=O) groups is 2. The van der Waals surface area contributed by atoms with Gasteiger partial charge in [0.15, 0.2) is 0 Å². The molecule has 1 atom stereocenters.